The Hall–Kier alpha value is -0.990. The van der Waals surface area contributed by atoms with Crippen molar-refractivity contribution in [1.82, 2.24) is 9.55 Å². The van der Waals surface area contributed by atoms with Crippen molar-refractivity contribution in [3.8, 4) is 0 Å². The molecule has 0 radical (unpaired) electrons. The molecule has 2 rings (SSSR count). The molecule has 17 heavy (non-hydrogen) atoms. The maximum absolute atomic E-state index is 4.53. The Kier molecular flexibility index (Phi) is 2.75. The topological polar surface area (TPSA) is 29.9 Å². The third-order valence-corrected chi connectivity index (χ3v) is 5.02. The van der Waals surface area contributed by atoms with Crippen molar-refractivity contribution < 1.29 is 0 Å². The summed E-state index contributed by atoms with van der Waals surface area (Å²) in [4.78, 5) is 4.53. The normalized spacial score (nSPS) is 21.5. The molecule has 1 aliphatic rings. The van der Waals surface area contributed by atoms with E-state index < -0.39 is 0 Å². The minimum Gasteiger partial charge on any atom is -0.355 e. The number of aryl methyl sites for hydroxylation is 2. The lowest BCUT2D eigenvalue weighted by Gasteiger charge is -2.08. The smallest absolute Gasteiger partial charge is 0.203 e. The molecular weight excluding hydrogens is 210 g/mol. The fourth-order valence-electron chi connectivity index (χ4n) is 2.97. The number of anilines is 1. The number of hydrogen-bond donors (Lipinski definition) is 1. The van der Waals surface area contributed by atoms with Crippen LogP contribution in [0.25, 0.3) is 0 Å². The van der Waals surface area contributed by atoms with Crippen LogP contribution in [0.1, 0.15) is 40.3 Å². The maximum Gasteiger partial charge on any atom is 0.203 e. The van der Waals surface area contributed by atoms with E-state index in [4.69, 9.17) is 0 Å². The summed E-state index contributed by atoms with van der Waals surface area (Å²) in [6.45, 7) is 15.6. The first-order valence-electron chi connectivity index (χ1n) is 6.58. The van der Waals surface area contributed by atoms with Gasteiger partial charge in [0.05, 0.1) is 5.69 Å². The molecule has 0 spiro atoms. The molecule has 1 saturated carbocycles. The molecule has 3 heteroatoms. The molecule has 3 nitrogen and oxygen atoms in total. The van der Waals surface area contributed by atoms with Gasteiger partial charge in [0, 0.05) is 19.3 Å². The fourth-order valence-corrected chi connectivity index (χ4v) is 2.97. The van der Waals surface area contributed by atoms with Gasteiger partial charge in [-0.3, -0.25) is 0 Å². The lowest BCUT2D eigenvalue weighted by atomic mass is 10.0. The lowest BCUT2D eigenvalue weighted by Crippen LogP contribution is -2.12. The van der Waals surface area contributed by atoms with E-state index in [-0.39, 0.29) is 0 Å². The molecule has 0 aliphatic heterocycles. The highest BCUT2D eigenvalue weighted by molar-refractivity contribution is 5.30. The molecule has 0 unspecified atom stereocenters. The van der Waals surface area contributed by atoms with Crippen LogP contribution in [0.2, 0.25) is 0 Å². The summed E-state index contributed by atoms with van der Waals surface area (Å²) in [5.74, 6) is 1.75. The standard InChI is InChI=1S/C14H25N3/c1-7-17-9-10(2)16-12(17)15-8-11-13(3,4)14(11,5)6/h9,11H,7-8H2,1-6H3,(H,15,16). The zero-order valence-electron chi connectivity index (χ0n) is 12.0. The van der Waals surface area contributed by atoms with Gasteiger partial charge in [-0.2, -0.15) is 0 Å². The van der Waals surface area contributed by atoms with Crippen molar-refractivity contribution in [2.45, 2.75) is 48.1 Å². The summed E-state index contributed by atoms with van der Waals surface area (Å²) in [5.41, 5.74) is 1.97. The SMILES string of the molecule is CCn1cc(C)nc1NCC1C(C)(C)C1(C)C. The third-order valence-electron chi connectivity index (χ3n) is 5.02. The highest BCUT2D eigenvalue weighted by Gasteiger charge is 2.64. The Morgan fingerprint density at radius 1 is 1.29 bits per heavy atom. The second-order valence-electron chi connectivity index (χ2n) is 6.37. The van der Waals surface area contributed by atoms with E-state index >= 15 is 0 Å². The van der Waals surface area contributed by atoms with E-state index in [0.717, 1.165) is 30.6 Å². The summed E-state index contributed by atoms with van der Waals surface area (Å²) >= 11 is 0. The molecule has 0 amide bonds. The highest BCUT2D eigenvalue weighted by atomic mass is 15.2. The van der Waals surface area contributed by atoms with Gasteiger partial charge in [0.15, 0.2) is 0 Å². The summed E-state index contributed by atoms with van der Waals surface area (Å²) in [7, 11) is 0. The first-order chi connectivity index (χ1) is 7.80. The summed E-state index contributed by atoms with van der Waals surface area (Å²) in [6, 6.07) is 0. The summed E-state index contributed by atoms with van der Waals surface area (Å²) < 4.78 is 2.18. The molecule has 0 saturated heterocycles. The van der Waals surface area contributed by atoms with Crippen LogP contribution < -0.4 is 5.32 Å². The Balaban J connectivity index is 2.00. The van der Waals surface area contributed by atoms with Crippen LogP contribution in [0.15, 0.2) is 6.20 Å². The zero-order valence-corrected chi connectivity index (χ0v) is 12.0. The predicted molar refractivity (Wildman–Crippen MR) is 72.2 cm³/mol. The van der Waals surface area contributed by atoms with E-state index in [1.165, 1.54) is 0 Å². The molecule has 1 N–H and O–H groups in total. The molecule has 1 aromatic rings. The Labute approximate surface area is 105 Å². The van der Waals surface area contributed by atoms with Gasteiger partial charge in [0.2, 0.25) is 5.95 Å². The van der Waals surface area contributed by atoms with Crippen LogP contribution in [0, 0.1) is 23.7 Å². The van der Waals surface area contributed by atoms with Crippen LogP contribution in [-0.2, 0) is 6.54 Å². The van der Waals surface area contributed by atoms with Crippen molar-refractivity contribution in [3.63, 3.8) is 0 Å². The van der Waals surface area contributed by atoms with Crippen molar-refractivity contribution >= 4 is 5.95 Å². The first kappa shape index (κ1) is 12.5. The largest absolute Gasteiger partial charge is 0.355 e. The van der Waals surface area contributed by atoms with Crippen LogP contribution >= 0.6 is 0 Å². The molecule has 0 atom stereocenters. The monoisotopic (exact) mass is 235 g/mol. The second-order valence-corrected chi connectivity index (χ2v) is 6.37. The van der Waals surface area contributed by atoms with Gasteiger partial charge in [-0.15, -0.1) is 0 Å². The van der Waals surface area contributed by atoms with Crippen molar-refractivity contribution in [1.29, 1.82) is 0 Å². The van der Waals surface area contributed by atoms with E-state index in [1.807, 2.05) is 6.92 Å². The van der Waals surface area contributed by atoms with Gasteiger partial charge in [-0.25, -0.2) is 4.98 Å². The lowest BCUT2D eigenvalue weighted by molar-refractivity contribution is 0.457. The van der Waals surface area contributed by atoms with Crippen LogP contribution in [0.5, 0.6) is 0 Å². The summed E-state index contributed by atoms with van der Waals surface area (Å²) in [5, 5.41) is 3.51. The van der Waals surface area contributed by atoms with Gasteiger partial charge in [-0.1, -0.05) is 27.7 Å². The fraction of sp³-hybridized carbons (Fsp3) is 0.786. The van der Waals surface area contributed by atoms with Crippen LogP contribution in [-0.4, -0.2) is 16.1 Å². The predicted octanol–water partition coefficient (Wildman–Crippen LogP) is 3.31. The number of aromatic nitrogens is 2. The van der Waals surface area contributed by atoms with E-state index in [9.17, 15) is 0 Å². The van der Waals surface area contributed by atoms with E-state index in [2.05, 4.69) is 55.7 Å². The Morgan fingerprint density at radius 3 is 2.35 bits per heavy atom. The quantitative estimate of drug-likeness (QED) is 0.867. The first-order valence-corrected chi connectivity index (χ1v) is 6.58. The number of rotatable bonds is 4. The molecule has 1 aliphatic carbocycles. The Morgan fingerprint density at radius 2 is 1.88 bits per heavy atom. The van der Waals surface area contributed by atoms with E-state index in [0.29, 0.717) is 10.8 Å². The summed E-state index contributed by atoms with van der Waals surface area (Å²) in [6.07, 6.45) is 2.10. The van der Waals surface area contributed by atoms with Crippen LogP contribution in [0.3, 0.4) is 0 Å². The minimum atomic E-state index is 0.443. The number of hydrogen-bond acceptors (Lipinski definition) is 2. The number of nitrogens with zero attached hydrogens (tertiary/aromatic N) is 2. The van der Waals surface area contributed by atoms with Gasteiger partial charge in [-0.05, 0) is 30.6 Å². The average Bonchev–Trinajstić information content (AvgIpc) is 2.55. The van der Waals surface area contributed by atoms with Crippen molar-refractivity contribution in [2.75, 3.05) is 11.9 Å². The average molecular weight is 235 g/mol. The second kappa shape index (κ2) is 3.76. The minimum absolute atomic E-state index is 0.443. The van der Waals surface area contributed by atoms with Gasteiger partial charge in [0.25, 0.3) is 0 Å². The number of nitrogens with one attached hydrogen (secondary N) is 1. The van der Waals surface area contributed by atoms with Gasteiger partial charge < -0.3 is 9.88 Å². The molecule has 1 fully saturated rings. The van der Waals surface area contributed by atoms with Crippen molar-refractivity contribution in [3.05, 3.63) is 11.9 Å². The molecule has 1 heterocycles. The van der Waals surface area contributed by atoms with Gasteiger partial charge >= 0.3 is 0 Å². The third kappa shape index (κ3) is 1.85. The number of imidazole rings is 1. The molecule has 0 aromatic carbocycles. The Bertz CT molecular complexity index is 401. The molecule has 1 aromatic heterocycles. The van der Waals surface area contributed by atoms with Gasteiger partial charge in [0.1, 0.15) is 0 Å². The van der Waals surface area contributed by atoms with Crippen LogP contribution in [0.4, 0.5) is 5.95 Å². The maximum atomic E-state index is 4.53. The zero-order chi connectivity index (χ0) is 12.8. The highest BCUT2D eigenvalue weighted by Crippen LogP contribution is 2.68. The molecular formula is C14H25N3. The van der Waals surface area contributed by atoms with E-state index in [1.54, 1.807) is 0 Å². The molecule has 0 bridgehead atoms. The van der Waals surface area contributed by atoms with Crippen molar-refractivity contribution in [2.24, 2.45) is 16.7 Å². The molecule has 96 valence electrons.